The van der Waals surface area contributed by atoms with Crippen molar-refractivity contribution in [1.29, 1.82) is 0 Å². The van der Waals surface area contributed by atoms with Crippen LogP contribution in [0, 0.1) is 0 Å². The van der Waals surface area contributed by atoms with Crippen molar-refractivity contribution < 1.29 is 17.1 Å². The molecule has 3 aromatic heterocycles. The van der Waals surface area contributed by atoms with Gasteiger partial charge in [-0.05, 0) is 135 Å². The van der Waals surface area contributed by atoms with Gasteiger partial charge in [0, 0.05) is 50.1 Å². The van der Waals surface area contributed by atoms with E-state index in [4.69, 9.17) is 0 Å². The van der Waals surface area contributed by atoms with Crippen LogP contribution in [-0.4, -0.2) is 30.9 Å². The zero-order valence-electron chi connectivity index (χ0n) is 28.8. The molecule has 0 saturated carbocycles. The van der Waals surface area contributed by atoms with E-state index in [-0.39, 0.29) is 28.0 Å². The standard InChI is InChI=1S/C20H14N4.C14H10.C13H10.Fe.Si/c1-2-14-10-16-5-6-18(23-16)12-20-8-7-19(24-20)11-17-4-3-15(22-17)9-13(1)21-14;1-2-6-12-10-14-8-4-3-7-13(14)9-11(12)5-1;1-3-7-12-10(5-1)9-11-6-2-4-8-13(11)12;;/h1-12,21-22H;1-10H;1-8H,9H2;;. The van der Waals surface area contributed by atoms with Gasteiger partial charge in [0.1, 0.15) is 0 Å². The molecule has 0 spiro atoms. The van der Waals surface area contributed by atoms with Crippen LogP contribution in [0.3, 0.4) is 0 Å². The molecule has 8 aromatic rings. The van der Waals surface area contributed by atoms with Crippen molar-refractivity contribution >= 4 is 78.9 Å². The minimum Gasteiger partial charge on any atom is -0.355 e. The second kappa shape index (κ2) is 15.7. The van der Waals surface area contributed by atoms with Crippen molar-refractivity contribution in [3.8, 4) is 11.1 Å². The van der Waals surface area contributed by atoms with Crippen molar-refractivity contribution in [2.45, 2.75) is 6.42 Å². The summed E-state index contributed by atoms with van der Waals surface area (Å²) in [6.45, 7) is 0. The van der Waals surface area contributed by atoms with Gasteiger partial charge >= 0.3 is 0 Å². The summed E-state index contributed by atoms with van der Waals surface area (Å²) >= 11 is 0. The molecule has 2 N–H and O–H groups in total. The van der Waals surface area contributed by atoms with E-state index < -0.39 is 0 Å². The van der Waals surface area contributed by atoms with E-state index >= 15 is 0 Å². The predicted molar refractivity (Wildman–Crippen MR) is 221 cm³/mol. The summed E-state index contributed by atoms with van der Waals surface area (Å²) in [5, 5.41) is 5.25. The molecule has 2 aliphatic heterocycles. The van der Waals surface area contributed by atoms with Gasteiger partial charge < -0.3 is 9.97 Å². The van der Waals surface area contributed by atoms with E-state index in [2.05, 4.69) is 159 Å². The molecule has 0 saturated heterocycles. The Morgan fingerprint density at radius 2 is 0.698 bits per heavy atom. The molecule has 3 aliphatic rings. The number of fused-ring (bicyclic) bond motifs is 13. The molecule has 1 aliphatic carbocycles. The Labute approximate surface area is 323 Å². The first-order valence-corrected chi connectivity index (χ1v) is 17.3. The monoisotopic (exact) mass is 738 g/mol. The van der Waals surface area contributed by atoms with Crippen molar-refractivity contribution in [3.63, 3.8) is 0 Å². The summed E-state index contributed by atoms with van der Waals surface area (Å²) in [5.41, 5.74) is 13.6. The van der Waals surface area contributed by atoms with E-state index in [1.54, 1.807) is 0 Å². The molecule has 5 heterocycles. The van der Waals surface area contributed by atoms with Crippen LogP contribution in [-0.2, 0) is 23.5 Å². The fourth-order valence-corrected chi connectivity index (χ4v) is 6.91. The molecule has 5 aromatic carbocycles. The SMILES string of the molecule is C1=Cc2cc3ccc(cc4ccc(cc5nc(cc1n2)C=C5)[nH]4)[nH]3.[Fe].[Si].c1ccc2c(c1)Cc1ccccc1-2.c1ccc2cc3ccccc3cc2c1. The summed E-state index contributed by atoms with van der Waals surface area (Å²) in [5.74, 6) is 0. The Balaban J connectivity index is 0.000000129. The Hall–Kier alpha value is -6.04. The number of hydrogen-bond acceptors (Lipinski definition) is 2. The Bertz CT molecular complexity index is 2570. The summed E-state index contributed by atoms with van der Waals surface area (Å²) < 4.78 is 0. The average Bonchev–Trinajstić information content (AvgIpc) is 4.02. The van der Waals surface area contributed by atoms with Gasteiger partial charge in [-0.2, -0.15) is 0 Å². The number of aromatic amines is 2. The predicted octanol–water partition coefficient (Wildman–Crippen LogP) is 11.5. The third kappa shape index (κ3) is 7.91. The van der Waals surface area contributed by atoms with E-state index in [1.165, 1.54) is 43.8 Å². The third-order valence-electron chi connectivity index (χ3n) is 9.36. The largest absolute Gasteiger partial charge is 0.355 e. The molecular formula is C47H34FeN4Si. The second-order valence-electron chi connectivity index (χ2n) is 12.9. The van der Waals surface area contributed by atoms with Crippen LogP contribution in [0.15, 0.2) is 158 Å². The number of rotatable bonds is 0. The van der Waals surface area contributed by atoms with Crippen LogP contribution >= 0.6 is 0 Å². The minimum absolute atomic E-state index is 0. The van der Waals surface area contributed by atoms with E-state index in [0.717, 1.165) is 51.3 Å². The van der Waals surface area contributed by atoms with Gasteiger partial charge in [0.05, 0.1) is 22.8 Å². The molecule has 6 heteroatoms. The van der Waals surface area contributed by atoms with Gasteiger partial charge in [-0.1, -0.05) is 97.1 Å². The fourth-order valence-electron chi connectivity index (χ4n) is 6.91. The molecule has 53 heavy (non-hydrogen) atoms. The maximum absolute atomic E-state index is 4.62. The van der Waals surface area contributed by atoms with Gasteiger partial charge in [-0.25, -0.2) is 9.97 Å². The first-order valence-electron chi connectivity index (χ1n) is 17.3. The van der Waals surface area contributed by atoms with Gasteiger partial charge in [0.15, 0.2) is 0 Å². The van der Waals surface area contributed by atoms with Crippen LogP contribution in [0.5, 0.6) is 0 Å². The maximum atomic E-state index is 4.62. The average molecular weight is 739 g/mol. The molecule has 8 bridgehead atoms. The second-order valence-corrected chi connectivity index (χ2v) is 12.9. The Morgan fingerprint density at radius 1 is 0.358 bits per heavy atom. The number of nitrogens with zero attached hydrogens (tertiary/aromatic N) is 2. The van der Waals surface area contributed by atoms with Crippen LogP contribution in [0.1, 0.15) is 33.9 Å². The zero-order valence-corrected chi connectivity index (χ0v) is 30.9. The smallest absolute Gasteiger partial charge is 0.0659 e. The molecule has 0 unspecified atom stereocenters. The van der Waals surface area contributed by atoms with Crippen LogP contribution < -0.4 is 0 Å². The van der Waals surface area contributed by atoms with Crippen LogP contribution in [0.2, 0.25) is 0 Å². The zero-order chi connectivity index (χ0) is 34.0. The molecular weight excluding hydrogens is 704 g/mol. The van der Waals surface area contributed by atoms with Crippen LogP contribution in [0.25, 0.3) is 79.0 Å². The van der Waals surface area contributed by atoms with Gasteiger partial charge in [0.2, 0.25) is 0 Å². The minimum atomic E-state index is 0. The van der Waals surface area contributed by atoms with Crippen molar-refractivity contribution in [2.75, 3.05) is 0 Å². The number of hydrogen-bond donors (Lipinski definition) is 2. The number of aromatic nitrogens is 4. The van der Waals surface area contributed by atoms with E-state index in [0.29, 0.717) is 0 Å². The molecule has 11 rings (SSSR count). The van der Waals surface area contributed by atoms with E-state index in [1.807, 2.05) is 42.5 Å². The van der Waals surface area contributed by atoms with Crippen molar-refractivity contribution in [1.82, 2.24) is 19.9 Å². The Kier molecular flexibility index (Phi) is 10.5. The van der Waals surface area contributed by atoms with Gasteiger partial charge in [0.25, 0.3) is 0 Å². The molecule has 254 valence electrons. The molecule has 0 fully saturated rings. The summed E-state index contributed by atoms with van der Waals surface area (Å²) in [7, 11) is 0. The first-order chi connectivity index (χ1) is 25.2. The van der Waals surface area contributed by atoms with E-state index in [9.17, 15) is 0 Å². The molecule has 0 amide bonds. The third-order valence-corrected chi connectivity index (χ3v) is 9.36. The molecule has 0 atom stereocenters. The number of nitrogens with one attached hydrogen (secondary N) is 2. The quantitative estimate of drug-likeness (QED) is 0.120. The Morgan fingerprint density at radius 3 is 1.11 bits per heavy atom. The number of H-pyrrole nitrogens is 2. The van der Waals surface area contributed by atoms with Crippen LogP contribution in [0.4, 0.5) is 0 Å². The van der Waals surface area contributed by atoms with Crippen molar-refractivity contribution in [2.24, 2.45) is 0 Å². The summed E-state index contributed by atoms with van der Waals surface area (Å²) in [6, 6.07) is 55.1. The molecule has 4 nitrogen and oxygen atoms in total. The number of benzene rings is 5. The fraction of sp³-hybridized carbons (Fsp3) is 0.0213. The normalized spacial score (nSPS) is 11.6. The summed E-state index contributed by atoms with van der Waals surface area (Å²) in [4.78, 5) is 16.0. The van der Waals surface area contributed by atoms with Gasteiger partial charge in [-0.3, -0.25) is 0 Å². The summed E-state index contributed by atoms with van der Waals surface area (Å²) in [6.07, 6.45) is 9.15. The topological polar surface area (TPSA) is 57.4 Å². The van der Waals surface area contributed by atoms with Gasteiger partial charge in [-0.15, -0.1) is 0 Å². The molecule has 4 radical (unpaired) electrons. The first kappa shape index (κ1) is 35.4. The van der Waals surface area contributed by atoms with Crippen molar-refractivity contribution in [3.05, 3.63) is 192 Å². The maximum Gasteiger partial charge on any atom is 0.0659 e.